The van der Waals surface area contributed by atoms with Gasteiger partial charge in [0.1, 0.15) is 17.0 Å². The number of sulfone groups is 1. The Bertz CT molecular complexity index is 4520. The number of hydrogen-bond donors (Lipinski definition) is 5. The molecule has 5 heterocycles. The number of thiazole rings is 1. The van der Waals surface area contributed by atoms with Gasteiger partial charge in [-0.25, -0.2) is 26.5 Å². The summed E-state index contributed by atoms with van der Waals surface area (Å²) in [5, 5.41) is 20.5. The summed E-state index contributed by atoms with van der Waals surface area (Å²) < 4.78 is 105. The largest absolute Gasteiger partial charge is 0.501 e. The van der Waals surface area contributed by atoms with Gasteiger partial charge in [0.25, 0.3) is 25.8 Å². The molecule has 1 aliphatic carbocycles. The molecule has 11 rings (SSSR count). The number of nitrogens with zero attached hydrogens (tertiary/aromatic N) is 7. The number of likely N-dealkylation sites (tertiary alicyclic amines) is 1. The van der Waals surface area contributed by atoms with Crippen molar-refractivity contribution in [2.75, 3.05) is 121 Å². The quantitative estimate of drug-likeness (QED) is 0.0200. The predicted octanol–water partition coefficient (Wildman–Crippen LogP) is 12.5. The number of piperazine rings is 1. The van der Waals surface area contributed by atoms with Crippen LogP contribution in [0.4, 0.5) is 24.5 Å². The Balaban J connectivity index is 0.626. The number of thioether (sulfide) groups is 1. The van der Waals surface area contributed by atoms with Crippen LogP contribution in [0.3, 0.4) is 0 Å². The van der Waals surface area contributed by atoms with Gasteiger partial charge in [0, 0.05) is 137 Å². The van der Waals surface area contributed by atoms with E-state index in [1.807, 2.05) is 116 Å². The van der Waals surface area contributed by atoms with Crippen molar-refractivity contribution in [3.05, 3.63) is 160 Å². The van der Waals surface area contributed by atoms with Crippen LogP contribution in [0.1, 0.15) is 145 Å². The molecule has 612 valence electrons. The van der Waals surface area contributed by atoms with Crippen molar-refractivity contribution in [2.24, 2.45) is 10.8 Å². The van der Waals surface area contributed by atoms with Gasteiger partial charge in [0.05, 0.1) is 52.0 Å². The van der Waals surface area contributed by atoms with Gasteiger partial charge in [0.2, 0.25) is 23.6 Å². The average molecular weight is 1660 g/mol. The van der Waals surface area contributed by atoms with Crippen molar-refractivity contribution >= 4 is 101 Å². The van der Waals surface area contributed by atoms with E-state index < -0.39 is 82.3 Å². The van der Waals surface area contributed by atoms with Crippen molar-refractivity contribution in [3.63, 3.8) is 0 Å². The van der Waals surface area contributed by atoms with Crippen molar-refractivity contribution in [2.45, 2.75) is 169 Å². The molecule has 5 aromatic carbocycles. The number of hydrogen-bond acceptors (Lipinski definition) is 19. The summed E-state index contributed by atoms with van der Waals surface area (Å²) in [5.74, 6) is -1.64. The highest BCUT2D eigenvalue weighted by Crippen LogP contribution is 2.45. The first-order valence-corrected chi connectivity index (χ1v) is 44.4. The molecule has 5 N–H and O–H groups in total. The molecule has 0 radical (unpaired) electrons. The van der Waals surface area contributed by atoms with E-state index >= 15 is 0 Å². The van der Waals surface area contributed by atoms with Crippen LogP contribution < -0.4 is 25.6 Å². The number of β-amino-alcohol motifs (C(OH)–C–C–N with tert-alkyl or cyclic N) is 1. The molecule has 5 aliphatic rings. The lowest BCUT2D eigenvalue weighted by molar-refractivity contribution is -0.144. The van der Waals surface area contributed by atoms with Gasteiger partial charge in [0.15, 0.2) is 0 Å². The Morgan fingerprint density at radius 3 is 2.13 bits per heavy atom. The molecule has 0 spiro atoms. The Morgan fingerprint density at radius 2 is 1.46 bits per heavy atom. The minimum Gasteiger partial charge on any atom is -0.391 e. The number of aliphatic hydroxyl groups is 1. The summed E-state index contributed by atoms with van der Waals surface area (Å²) in [6.45, 7) is 22.1. The van der Waals surface area contributed by atoms with Gasteiger partial charge in [-0.3, -0.25) is 33.8 Å². The van der Waals surface area contributed by atoms with E-state index in [-0.39, 0.29) is 54.1 Å². The van der Waals surface area contributed by atoms with Gasteiger partial charge in [-0.2, -0.15) is 13.2 Å². The standard InChI is InChI=1S/C83H107ClF3N11O11S4/c1-57(59-19-21-61(22-20-59)76-58(2)88-56-111-76)89-79(103)72-49-67(99)53-98(72)80(104)77(81(3,4)5)91-74(100)17-12-7-8-13-18-75(101)97-37-14-36-95(41-44-97)55-82(6)35-33-70(60-23-27-64(84)28-24-60)63(51-82)52-94-39-42-96(43-40-94)66-29-25-62(26-30-66)78(102)92-113(107,108)69-31-32-71(73(50-69)112(105,106)83(85,86)87)90-65(34-38-93-45-47-109-48-46-93)54-110-68-15-10-9-11-16-68/h9-11,15-16,19-32,50,56-57,65,67,72,77,90,99H,7-8,12-14,17-18,33-49,51-55H2,1-6H3,(H,89,103)(H,91,100)(H,92,102)/t57-,65+,67+,72-,77+,82?/m0/s1. The maximum Gasteiger partial charge on any atom is 0.501 e. The summed E-state index contributed by atoms with van der Waals surface area (Å²) in [7, 11) is -11.0. The first kappa shape index (κ1) is 86.4. The van der Waals surface area contributed by atoms with E-state index in [1.165, 1.54) is 39.9 Å². The number of unbranched alkanes of at least 4 members (excludes halogenated alkanes) is 3. The number of morpholine rings is 1. The third kappa shape index (κ3) is 23.2. The third-order valence-corrected chi connectivity index (χ3v) is 27.5. The zero-order valence-corrected chi connectivity index (χ0v) is 69.3. The van der Waals surface area contributed by atoms with Crippen molar-refractivity contribution < 1.29 is 63.8 Å². The number of benzene rings is 5. The molecule has 30 heteroatoms. The maximum absolute atomic E-state index is 14.4. The van der Waals surface area contributed by atoms with Gasteiger partial charge in [-0.1, -0.05) is 112 Å². The fraction of sp³-hybridized carbons (Fsp3) is 0.518. The number of anilines is 2. The van der Waals surface area contributed by atoms with Crippen LogP contribution in [0.15, 0.2) is 147 Å². The molecule has 6 atom stereocenters. The molecule has 4 fully saturated rings. The summed E-state index contributed by atoms with van der Waals surface area (Å²) in [6, 6.07) is 31.4. The molecule has 6 aromatic rings. The van der Waals surface area contributed by atoms with E-state index in [2.05, 4.69) is 59.6 Å². The number of carbonyl (C=O) groups is 5. The second-order valence-electron chi connectivity index (χ2n) is 31.9. The van der Waals surface area contributed by atoms with Gasteiger partial charge in [-0.05, 0) is 165 Å². The lowest BCUT2D eigenvalue weighted by Crippen LogP contribution is -2.57. The normalized spacial score (nSPS) is 20.2. The van der Waals surface area contributed by atoms with E-state index in [1.54, 1.807) is 23.5 Å². The molecule has 22 nitrogen and oxygen atoms in total. The molecule has 4 aliphatic heterocycles. The molecular formula is C83H107ClF3N11O11S4. The second kappa shape index (κ2) is 38.5. The lowest BCUT2D eigenvalue weighted by Gasteiger charge is -2.42. The number of aryl methyl sites for hydroxylation is 1. The lowest BCUT2D eigenvalue weighted by atomic mass is 9.71. The maximum atomic E-state index is 14.4. The number of ether oxygens (including phenoxy) is 1. The fourth-order valence-corrected chi connectivity index (χ4v) is 19.7. The zero-order valence-electron chi connectivity index (χ0n) is 65.3. The predicted molar refractivity (Wildman–Crippen MR) is 438 cm³/mol. The Kier molecular flexibility index (Phi) is 29.5. The summed E-state index contributed by atoms with van der Waals surface area (Å²) in [6.07, 6.45) is 6.63. The van der Waals surface area contributed by atoms with E-state index in [9.17, 15) is 59.1 Å². The van der Waals surface area contributed by atoms with Crippen LogP contribution in [0, 0.1) is 17.8 Å². The number of allylic oxidation sites excluding steroid dienone is 1. The van der Waals surface area contributed by atoms with Crippen LogP contribution >= 0.6 is 34.7 Å². The monoisotopic (exact) mass is 1650 g/mol. The highest BCUT2D eigenvalue weighted by Gasteiger charge is 2.49. The van der Waals surface area contributed by atoms with E-state index in [0.29, 0.717) is 102 Å². The zero-order chi connectivity index (χ0) is 80.8. The summed E-state index contributed by atoms with van der Waals surface area (Å²) in [5.41, 5.74) is 2.37. The molecule has 0 bridgehead atoms. The number of nitrogens with one attached hydrogen (secondary N) is 4. The van der Waals surface area contributed by atoms with E-state index in [0.717, 1.165) is 128 Å². The number of halogens is 4. The van der Waals surface area contributed by atoms with Crippen LogP contribution in [-0.2, 0) is 43.8 Å². The molecule has 4 saturated heterocycles. The first-order valence-electron chi connectivity index (χ1n) is 39.2. The van der Waals surface area contributed by atoms with E-state index in [4.69, 9.17) is 16.3 Å². The van der Waals surface area contributed by atoms with Crippen LogP contribution in [0.5, 0.6) is 0 Å². The number of aliphatic hydroxyl groups excluding tert-OH is 1. The first-order chi connectivity index (χ1) is 53.8. The average Bonchev–Trinajstić information content (AvgIpc) is 1.41. The second-order valence-corrected chi connectivity index (χ2v) is 37.9. The highest BCUT2D eigenvalue weighted by molar-refractivity contribution is 7.99. The summed E-state index contributed by atoms with van der Waals surface area (Å²) >= 11 is 9.42. The van der Waals surface area contributed by atoms with Crippen molar-refractivity contribution in [3.8, 4) is 10.4 Å². The van der Waals surface area contributed by atoms with Gasteiger partial charge in [-0.15, -0.1) is 23.1 Å². The SMILES string of the molecule is Cc1ncsc1-c1ccc([C@H](C)NC(=O)[C@@H]2C[C@@H](O)CN2C(=O)[C@@H](NC(=O)CCCCCCC(=O)N2CCCN(CC3(C)CCC(c4ccc(Cl)cc4)=C(CN4CCN(c5ccc(C(=O)NS(=O)(=O)c6ccc(N[C@H](CCN7CCOCC7)CSc7ccccc7)c(S(=O)(=O)C(F)(F)F)c6)cc5)CC4)C3)CC2)C(C)(C)C)cc1. The minimum atomic E-state index is -6.11. The molecular weight excluding hydrogens is 1550 g/mol. The molecule has 113 heavy (non-hydrogen) atoms. The number of amides is 5. The van der Waals surface area contributed by atoms with Gasteiger partial charge < -0.3 is 45.4 Å². The third-order valence-electron chi connectivity index (χ3n) is 22.2. The topological polar surface area (TPSA) is 264 Å². The van der Waals surface area contributed by atoms with Crippen LogP contribution in [-0.4, -0.2) is 221 Å². The number of alkyl halides is 3. The molecule has 1 unspecified atom stereocenters. The minimum absolute atomic E-state index is 0.0209. The van der Waals surface area contributed by atoms with Crippen LogP contribution in [0.25, 0.3) is 16.0 Å². The fourth-order valence-electron chi connectivity index (χ4n) is 15.8. The van der Waals surface area contributed by atoms with Crippen molar-refractivity contribution in [1.82, 2.24) is 44.8 Å². The highest BCUT2D eigenvalue weighted by atomic mass is 35.5. The van der Waals surface area contributed by atoms with Gasteiger partial charge >= 0.3 is 5.51 Å². The Labute approximate surface area is 676 Å². The number of sulfonamides is 1. The smallest absolute Gasteiger partial charge is 0.391 e. The Morgan fingerprint density at radius 1 is 0.779 bits per heavy atom. The Hall–Kier alpha value is -7.45. The molecule has 1 aromatic heterocycles. The van der Waals surface area contributed by atoms with Crippen LogP contribution in [0.2, 0.25) is 5.02 Å². The number of aromatic nitrogens is 1. The van der Waals surface area contributed by atoms with Crippen molar-refractivity contribution in [1.29, 1.82) is 0 Å². The summed E-state index contributed by atoms with van der Waals surface area (Å²) in [4.78, 5) is 86.1. The number of rotatable bonds is 31. The molecule has 5 amide bonds. The molecule has 0 saturated carbocycles. The number of carbonyl (C=O) groups excluding carboxylic acids is 5.